The third kappa shape index (κ3) is 4.82. The zero-order valence-electron chi connectivity index (χ0n) is 11.3. The van der Waals surface area contributed by atoms with Gasteiger partial charge in [0.15, 0.2) is 0 Å². The first-order valence-electron chi connectivity index (χ1n) is 6.23. The van der Waals surface area contributed by atoms with Crippen molar-refractivity contribution < 1.29 is 18.3 Å². The van der Waals surface area contributed by atoms with E-state index in [1.807, 2.05) is 6.92 Å². The molecule has 0 bridgehead atoms. The lowest BCUT2D eigenvalue weighted by molar-refractivity contribution is 0.0697. The Morgan fingerprint density at radius 1 is 1.29 bits per heavy atom. The van der Waals surface area contributed by atoms with Gasteiger partial charge in [-0.15, -0.1) is 0 Å². The molecule has 0 aliphatic heterocycles. The first-order chi connectivity index (χ1) is 9.81. The molecule has 0 heterocycles. The number of hydrogen-bond donors (Lipinski definition) is 3. The fourth-order valence-corrected chi connectivity index (χ4v) is 3.60. The maximum atomic E-state index is 12.1. The summed E-state index contributed by atoms with van der Waals surface area (Å²) in [6, 6.07) is 2.38. The van der Waals surface area contributed by atoms with Crippen molar-refractivity contribution in [3.8, 4) is 0 Å². The quantitative estimate of drug-likeness (QED) is 0.620. The molecule has 0 aliphatic carbocycles. The van der Waals surface area contributed by atoms with Gasteiger partial charge in [0.05, 0.1) is 15.6 Å². The molecule has 0 saturated carbocycles. The van der Waals surface area contributed by atoms with Crippen molar-refractivity contribution in [1.82, 2.24) is 10.0 Å². The average molecular weight is 355 g/mol. The molecule has 0 saturated heterocycles. The fourth-order valence-electron chi connectivity index (χ4n) is 1.61. The highest BCUT2D eigenvalue weighted by atomic mass is 35.5. The zero-order chi connectivity index (χ0) is 16.0. The highest BCUT2D eigenvalue weighted by Crippen LogP contribution is 2.30. The van der Waals surface area contributed by atoms with Crippen molar-refractivity contribution in [2.24, 2.45) is 0 Å². The van der Waals surface area contributed by atoms with Crippen LogP contribution >= 0.6 is 23.2 Å². The van der Waals surface area contributed by atoms with Crippen LogP contribution in [0.15, 0.2) is 17.0 Å². The summed E-state index contributed by atoms with van der Waals surface area (Å²) in [5.41, 5.74) is -0.422. The van der Waals surface area contributed by atoms with E-state index in [4.69, 9.17) is 28.3 Å². The van der Waals surface area contributed by atoms with Crippen molar-refractivity contribution in [2.45, 2.75) is 18.2 Å². The van der Waals surface area contributed by atoms with Gasteiger partial charge in [0.2, 0.25) is 10.0 Å². The molecule has 0 unspecified atom stereocenters. The van der Waals surface area contributed by atoms with Gasteiger partial charge in [0.25, 0.3) is 0 Å². The predicted octanol–water partition coefficient (Wildman–Crippen LogP) is 1.97. The van der Waals surface area contributed by atoms with E-state index in [0.717, 1.165) is 6.54 Å². The number of carbonyl (C=O) groups is 1. The normalized spacial score (nSPS) is 11.6. The number of rotatable bonds is 8. The van der Waals surface area contributed by atoms with Crippen LogP contribution in [0.25, 0.3) is 0 Å². The lowest BCUT2D eigenvalue weighted by atomic mass is 10.2. The molecule has 3 N–H and O–H groups in total. The summed E-state index contributed by atoms with van der Waals surface area (Å²) >= 11 is 11.6. The summed E-state index contributed by atoms with van der Waals surface area (Å²) in [5.74, 6) is -1.38. The lowest BCUT2D eigenvalue weighted by Gasteiger charge is -2.11. The molecule has 0 fully saturated rings. The standard InChI is InChI=1S/C12H16Cl2N2O4S/c1-2-15-6-3-7-16-21(19,20)9-5-4-8(13)10(11(9)14)12(17)18/h4-5,15-16H,2-3,6-7H2,1H3,(H,17,18). The van der Waals surface area contributed by atoms with E-state index < -0.39 is 26.6 Å². The van der Waals surface area contributed by atoms with Crippen molar-refractivity contribution in [2.75, 3.05) is 19.6 Å². The Balaban J connectivity index is 2.94. The fraction of sp³-hybridized carbons (Fsp3) is 0.417. The minimum atomic E-state index is -3.88. The summed E-state index contributed by atoms with van der Waals surface area (Å²) in [4.78, 5) is 10.8. The Morgan fingerprint density at radius 3 is 2.52 bits per heavy atom. The molecule has 21 heavy (non-hydrogen) atoms. The highest BCUT2D eigenvalue weighted by Gasteiger charge is 2.24. The summed E-state index contributed by atoms with van der Waals surface area (Å²) in [6.45, 7) is 3.65. The van der Waals surface area contributed by atoms with Gasteiger partial charge >= 0.3 is 5.97 Å². The van der Waals surface area contributed by atoms with Crippen LogP contribution in [0.1, 0.15) is 23.7 Å². The van der Waals surface area contributed by atoms with Gasteiger partial charge in [-0.05, 0) is 31.6 Å². The largest absolute Gasteiger partial charge is 0.478 e. The Labute approximate surface area is 133 Å². The average Bonchev–Trinajstić information content (AvgIpc) is 2.37. The van der Waals surface area contributed by atoms with Crippen LogP contribution in [0.2, 0.25) is 10.0 Å². The van der Waals surface area contributed by atoms with Gasteiger partial charge in [-0.1, -0.05) is 30.1 Å². The van der Waals surface area contributed by atoms with Crippen LogP contribution in [0.5, 0.6) is 0 Å². The Bertz CT molecular complexity index is 620. The van der Waals surface area contributed by atoms with Gasteiger partial charge < -0.3 is 10.4 Å². The third-order valence-corrected chi connectivity index (χ3v) is 4.95. The van der Waals surface area contributed by atoms with Crippen LogP contribution in [0.4, 0.5) is 0 Å². The van der Waals surface area contributed by atoms with Crippen LogP contribution in [0, 0.1) is 0 Å². The molecule has 0 radical (unpaired) electrons. The Kier molecular flexibility index (Phi) is 6.89. The number of aromatic carboxylic acids is 1. The summed E-state index contributed by atoms with van der Waals surface area (Å²) < 4.78 is 26.6. The number of benzene rings is 1. The smallest absolute Gasteiger partial charge is 0.338 e. The summed E-state index contributed by atoms with van der Waals surface area (Å²) in [7, 11) is -3.88. The van der Waals surface area contributed by atoms with Gasteiger partial charge in [-0.3, -0.25) is 0 Å². The van der Waals surface area contributed by atoms with E-state index >= 15 is 0 Å². The second-order valence-corrected chi connectivity index (χ2v) is 6.67. The molecule has 1 aromatic carbocycles. The SMILES string of the molecule is CCNCCCNS(=O)(=O)c1ccc(Cl)c(C(=O)O)c1Cl. The molecule has 0 amide bonds. The maximum Gasteiger partial charge on any atom is 0.338 e. The minimum absolute atomic E-state index is 0.112. The molecule has 118 valence electrons. The highest BCUT2D eigenvalue weighted by molar-refractivity contribution is 7.89. The molecule has 1 aromatic rings. The first-order valence-corrected chi connectivity index (χ1v) is 8.46. The van der Waals surface area contributed by atoms with Crippen molar-refractivity contribution in [3.05, 3.63) is 27.7 Å². The monoisotopic (exact) mass is 354 g/mol. The van der Waals surface area contributed by atoms with Crippen LogP contribution in [-0.4, -0.2) is 39.1 Å². The van der Waals surface area contributed by atoms with Crippen LogP contribution in [0.3, 0.4) is 0 Å². The number of carboxylic acids is 1. The zero-order valence-corrected chi connectivity index (χ0v) is 13.6. The topological polar surface area (TPSA) is 95.5 Å². The second-order valence-electron chi connectivity index (χ2n) is 4.14. The molecule has 0 aliphatic rings. The van der Waals surface area contributed by atoms with Crippen LogP contribution in [-0.2, 0) is 10.0 Å². The summed E-state index contributed by atoms with van der Waals surface area (Å²) in [6.07, 6.45) is 0.601. The first kappa shape index (κ1) is 18.2. The van der Waals surface area contributed by atoms with Gasteiger partial charge in [0.1, 0.15) is 4.90 Å². The van der Waals surface area contributed by atoms with Crippen LogP contribution < -0.4 is 10.0 Å². The van der Waals surface area contributed by atoms with Gasteiger partial charge in [-0.25, -0.2) is 17.9 Å². The lowest BCUT2D eigenvalue weighted by Crippen LogP contribution is -2.28. The molecule has 0 atom stereocenters. The molecule has 9 heteroatoms. The third-order valence-electron chi connectivity index (χ3n) is 2.63. The van der Waals surface area contributed by atoms with Gasteiger partial charge in [0, 0.05) is 6.54 Å². The molecular weight excluding hydrogens is 339 g/mol. The molecule has 6 nitrogen and oxygen atoms in total. The van der Waals surface area contributed by atoms with E-state index in [9.17, 15) is 13.2 Å². The number of halogens is 2. The molecule has 0 aromatic heterocycles. The Morgan fingerprint density at radius 2 is 1.95 bits per heavy atom. The van der Waals surface area contributed by atoms with Gasteiger partial charge in [-0.2, -0.15) is 0 Å². The minimum Gasteiger partial charge on any atom is -0.478 e. The number of nitrogens with one attached hydrogen (secondary N) is 2. The second kappa shape index (κ2) is 7.95. The van der Waals surface area contributed by atoms with E-state index in [0.29, 0.717) is 13.0 Å². The molecular formula is C12H16Cl2N2O4S. The van der Waals surface area contributed by atoms with Crippen molar-refractivity contribution >= 4 is 39.2 Å². The van der Waals surface area contributed by atoms with E-state index in [1.165, 1.54) is 12.1 Å². The molecule has 0 spiro atoms. The Hall–Kier alpha value is -0.860. The predicted molar refractivity (Wildman–Crippen MR) is 81.8 cm³/mol. The van der Waals surface area contributed by atoms with E-state index in [2.05, 4.69) is 10.0 Å². The number of carboxylic acid groups (broad SMARTS) is 1. The van der Waals surface area contributed by atoms with E-state index in [-0.39, 0.29) is 16.5 Å². The van der Waals surface area contributed by atoms with Crippen molar-refractivity contribution in [1.29, 1.82) is 0 Å². The molecule has 1 rings (SSSR count). The number of sulfonamides is 1. The summed E-state index contributed by atoms with van der Waals surface area (Å²) in [5, 5.41) is 11.6. The maximum absolute atomic E-state index is 12.1. The van der Waals surface area contributed by atoms with E-state index in [1.54, 1.807) is 0 Å². The number of hydrogen-bond acceptors (Lipinski definition) is 4. The van der Waals surface area contributed by atoms with Crippen molar-refractivity contribution in [3.63, 3.8) is 0 Å².